The number of thioether (sulfide) groups is 1. The van der Waals surface area contributed by atoms with E-state index in [1.165, 1.54) is 18.2 Å². The fourth-order valence-corrected chi connectivity index (χ4v) is 4.70. The van der Waals surface area contributed by atoms with Gasteiger partial charge in [0.1, 0.15) is 0 Å². The zero-order chi connectivity index (χ0) is 32.3. The third-order valence-electron chi connectivity index (χ3n) is 5.86. The Morgan fingerprint density at radius 2 is 1.39 bits per heavy atom. The largest absolute Gasteiger partial charge is 0.418 e. The van der Waals surface area contributed by atoms with Gasteiger partial charge in [0.2, 0.25) is 5.91 Å². The van der Waals surface area contributed by atoms with Gasteiger partial charge in [0.25, 0.3) is 5.91 Å². The Kier molecular flexibility index (Phi) is 9.27. The van der Waals surface area contributed by atoms with Crippen LogP contribution in [-0.2, 0) is 29.9 Å². The number of nitrogens with zero attached hydrogens (tertiary/aromatic N) is 3. The summed E-state index contributed by atoms with van der Waals surface area (Å²) in [5.74, 6) is -2.85. The molecule has 232 valence electrons. The molecule has 0 aliphatic rings. The molecule has 0 saturated heterocycles. The predicted octanol–water partition coefficient (Wildman–Crippen LogP) is 6.98. The highest BCUT2D eigenvalue weighted by Crippen LogP contribution is 2.35. The second-order valence-electron chi connectivity index (χ2n) is 8.89. The molecule has 1 aromatic heterocycles. The molecule has 4 rings (SSSR count). The topological polar surface area (TPSA) is 88.9 Å². The van der Waals surface area contributed by atoms with Gasteiger partial charge in [-0.25, -0.2) is 0 Å². The van der Waals surface area contributed by atoms with Crippen LogP contribution in [-0.4, -0.2) is 32.3 Å². The molecule has 44 heavy (non-hydrogen) atoms. The summed E-state index contributed by atoms with van der Waals surface area (Å²) in [7, 11) is 0. The van der Waals surface area contributed by atoms with Crippen molar-refractivity contribution >= 4 is 29.3 Å². The highest BCUT2D eigenvalue weighted by atomic mass is 32.2. The first kappa shape index (κ1) is 32.4. The normalized spacial score (nSPS) is 12.2. The minimum Gasteiger partial charge on any atom is -0.345 e. The Balaban J connectivity index is 1.61. The van der Waals surface area contributed by atoms with Crippen LogP contribution in [0.5, 0.6) is 0 Å². The molecule has 0 saturated carbocycles. The van der Waals surface area contributed by atoms with E-state index in [4.69, 9.17) is 0 Å². The molecule has 7 nitrogen and oxygen atoms in total. The van der Waals surface area contributed by atoms with Gasteiger partial charge in [0.05, 0.1) is 45.9 Å². The van der Waals surface area contributed by atoms with Crippen LogP contribution in [0, 0.1) is 0 Å². The lowest BCUT2D eigenvalue weighted by molar-refractivity contribution is -0.138. The van der Waals surface area contributed by atoms with Crippen LogP contribution in [0.2, 0.25) is 0 Å². The van der Waals surface area contributed by atoms with E-state index < -0.39 is 70.6 Å². The molecule has 4 aromatic rings. The van der Waals surface area contributed by atoms with E-state index in [1.807, 2.05) is 0 Å². The number of para-hydroxylation sites is 1. The number of carbonyl (C=O) groups is 2. The first-order valence-corrected chi connectivity index (χ1v) is 13.2. The highest BCUT2D eigenvalue weighted by molar-refractivity contribution is 7.99. The van der Waals surface area contributed by atoms with Gasteiger partial charge < -0.3 is 10.6 Å². The number of amides is 2. The molecule has 2 amide bonds. The summed E-state index contributed by atoms with van der Waals surface area (Å²) in [5, 5.41) is 11.8. The maximum absolute atomic E-state index is 13.4. The van der Waals surface area contributed by atoms with Crippen molar-refractivity contribution in [2.45, 2.75) is 30.2 Å². The number of aromatic nitrogens is 3. The van der Waals surface area contributed by atoms with Crippen molar-refractivity contribution in [3.8, 4) is 5.69 Å². The zero-order valence-electron chi connectivity index (χ0n) is 21.8. The van der Waals surface area contributed by atoms with Crippen LogP contribution in [0.4, 0.5) is 45.2 Å². The van der Waals surface area contributed by atoms with E-state index in [1.54, 1.807) is 0 Å². The van der Waals surface area contributed by atoms with Gasteiger partial charge >= 0.3 is 18.5 Å². The molecule has 0 aliphatic heterocycles. The third kappa shape index (κ3) is 7.69. The number of alkyl halides is 9. The second-order valence-corrected chi connectivity index (χ2v) is 9.83. The monoisotopic (exact) mass is 647 g/mol. The summed E-state index contributed by atoms with van der Waals surface area (Å²) in [6.07, 6.45) is -14.4. The number of hydrogen-bond acceptors (Lipinski definition) is 5. The van der Waals surface area contributed by atoms with Crippen LogP contribution >= 0.6 is 11.8 Å². The summed E-state index contributed by atoms with van der Waals surface area (Å²) in [6, 6.07) is 11.9. The van der Waals surface area contributed by atoms with E-state index in [9.17, 15) is 49.1 Å². The van der Waals surface area contributed by atoms with Gasteiger partial charge in [0.15, 0.2) is 11.0 Å². The van der Waals surface area contributed by atoms with Crippen LogP contribution in [0.3, 0.4) is 0 Å². The first-order valence-electron chi connectivity index (χ1n) is 12.2. The molecule has 0 atom stereocenters. The number of carbonyl (C=O) groups excluding carboxylic acids is 2. The lowest BCUT2D eigenvalue weighted by Crippen LogP contribution is -2.27. The predicted molar refractivity (Wildman–Crippen MR) is 140 cm³/mol. The molecule has 0 spiro atoms. The number of hydrogen-bond donors (Lipinski definition) is 2. The molecule has 2 N–H and O–H groups in total. The average Bonchev–Trinajstić information content (AvgIpc) is 3.36. The number of anilines is 1. The van der Waals surface area contributed by atoms with E-state index >= 15 is 0 Å². The van der Waals surface area contributed by atoms with Crippen molar-refractivity contribution in [2.24, 2.45) is 0 Å². The van der Waals surface area contributed by atoms with Gasteiger partial charge in [-0.15, -0.1) is 10.2 Å². The minimum atomic E-state index is -4.85. The summed E-state index contributed by atoms with van der Waals surface area (Å²) in [4.78, 5) is 25.2. The van der Waals surface area contributed by atoms with E-state index in [2.05, 4.69) is 20.8 Å². The molecule has 1 heterocycles. The van der Waals surface area contributed by atoms with Gasteiger partial charge in [-0.2, -0.15) is 39.5 Å². The molecule has 3 aromatic carbocycles. The molecule has 0 bridgehead atoms. The van der Waals surface area contributed by atoms with Gasteiger partial charge in [-0.3, -0.25) is 14.2 Å². The van der Waals surface area contributed by atoms with E-state index in [-0.39, 0.29) is 16.7 Å². The first-order chi connectivity index (χ1) is 20.6. The maximum Gasteiger partial charge on any atom is 0.418 e. The van der Waals surface area contributed by atoms with Crippen molar-refractivity contribution in [3.63, 3.8) is 0 Å². The fourth-order valence-electron chi connectivity index (χ4n) is 3.93. The Morgan fingerprint density at radius 1 is 0.750 bits per heavy atom. The highest BCUT2D eigenvalue weighted by Gasteiger charge is 2.36. The summed E-state index contributed by atoms with van der Waals surface area (Å²) in [6.45, 7) is -0.597. The standard InChI is InChI=1S/C27H18F9N5O2S/c28-25(29,30)15-6-5-7-16(12-15)41-21(13-37-23(43)17-8-1-2-9-18(17)26(31,32)33)39-40-24(41)44-14-22(42)38-20-11-4-3-10-19(20)27(34,35)36/h1-12H,13-14H2,(H,37,43)(H,38,42). The van der Waals surface area contributed by atoms with Gasteiger partial charge in [0, 0.05) is 0 Å². The van der Waals surface area contributed by atoms with Crippen molar-refractivity contribution in [1.29, 1.82) is 0 Å². The molecule has 0 radical (unpaired) electrons. The third-order valence-corrected chi connectivity index (χ3v) is 6.78. The van der Waals surface area contributed by atoms with E-state index in [0.717, 1.165) is 53.1 Å². The van der Waals surface area contributed by atoms with Crippen molar-refractivity contribution < 1.29 is 49.1 Å². The van der Waals surface area contributed by atoms with Crippen LogP contribution < -0.4 is 10.6 Å². The van der Waals surface area contributed by atoms with Crippen molar-refractivity contribution in [3.05, 3.63) is 101 Å². The van der Waals surface area contributed by atoms with Gasteiger partial charge in [-0.05, 0) is 42.5 Å². The van der Waals surface area contributed by atoms with Crippen LogP contribution in [0.1, 0.15) is 32.9 Å². The molecule has 0 aliphatic carbocycles. The van der Waals surface area contributed by atoms with Crippen molar-refractivity contribution in [1.82, 2.24) is 20.1 Å². The van der Waals surface area contributed by atoms with Crippen LogP contribution in [0.25, 0.3) is 5.69 Å². The second kappa shape index (κ2) is 12.6. The van der Waals surface area contributed by atoms with Crippen LogP contribution in [0.15, 0.2) is 78.0 Å². The fraction of sp³-hybridized carbons (Fsp3) is 0.185. The molecule has 0 unspecified atom stereocenters. The lowest BCUT2D eigenvalue weighted by Gasteiger charge is -2.15. The molecule has 0 fully saturated rings. The Hall–Kier alpha value is -4.54. The quantitative estimate of drug-likeness (QED) is 0.159. The molecular weight excluding hydrogens is 629 g/mol. The summed E-state index contributed by atoms with van der Waals surface area (Å²) in [5.41, 5.74) is -4.80. The number of nitrogens with one attached hydrogen (secondary N) is 2. The van der Waals surface area contributed by atoms with E-state index in [0.29, 0.717) is 17.8 Å². The van der Waals surface area contributed by atoms with Gasteiger partial charge in [-0.1, -0.05) is 42.1 Å². The van der Waals surface area contributed by atoms with Crippen molar-refractivity contribution in [2.75, 3.05) is 11.1 Å². The lowest BCUT2D eigenvalue weighted by atomic mass is 10.1. The zero-order valence-corrected chi connectivity index (χ0v) is 22.6. The Bertz CT molecular complexity index is 1670. The molecular formula is C27H18F9N5O2S. The minimum absolute atomic E-state index is 0.171. The maximum atomic E-state index is 13.4. The number of rotatable bonds is 8. The SMILES string of the molecule is O=C(CSc1nnc(CNC(=O)c2ccccc2C(F)(F)F)n1-c1cccc(C(F)(F)F)c1)Nc1ccccc1C(F)(F)F. The Labute approximate surface area is 246 Å². The number of halogens is 9. The summed E-state index contributed by atoms with van der Waals surface area (Å²) < 4.78 is 121. The number of benzene rings is 3. The molecule has 17 heteroatoms. The Morgan fingerprint density at radius 3 is 2.05 bits per heavy atom. The smallest absolute Gasteiger partial charge is 0.345 e. The average molecular weight is 648 g/mol. The summed E-state index contributed by atoms with van der Waals surface area (Å²) >= 11 is 0.607.